The van der Waals surface area contributed by atoms with Crippen LogP contribution in [0.1, 0.15) is 25.3 Å². The number of anilines is 1. The van der Waals surface area contributed by atoms with Crippen molar-refractivity contribution in [1.82, 2.24) is 0 Å². The summed E-state index contributed by atoms with van der Waals surface area (Å²) in [5.74, 6) is 0. The second-order valence-electron chi connectivity index (χ2n) is 4.72. The van der Waals surface area contributed by atoms with Gasteiger partial charge in [-0.3, -0.25) is 4.72 Å². The van der Waals surface area contributed by atoms with E-state index in [1.54, 1.807) is 30.3 Å². The number of nitrogens with one attached hydrogen (secondary N) is 1. The van der Waals surface area contributed by atoms with Crippen molar-refractivity contribution < 1.29 is 8.42 Å². The predicted octanol–water partition coefficient (Wildman–Crippen LogP) is 3.83. The zero-order chi connectivity index (χ0) is 14.4. The number of benzene rings is 2. The van der Waals surface area contributed by atoms with E-state index in [-0.39, 0.29) is 4.90 Å². The standard InChI is InChI=1S/C16H19NO2S/c1-2-3-7-14-10-12-15(13-11-14)17-20(18,19)16-8-5-4-6-9-16/h4-6,8-13,17H,2-3,7H2,1H3. The summed E-state index contributed by atoms with van der Waals surface area (Å²) in [6, 6.07) is 15.9. The molecular formula is C16H19NO2S. The molecule has 0 radical (unpaired) electrons. The first-order valence-corrected chi connectivity index (χ1v) is 8.27. The SMILES string of the molecule is CCCCc1ccc(NS(=O)(=O)c2ccccc2)cc1. The maximum atomic E-state index is 12.1. The Morgan fingerprint density at radius 1 is 0.950 bits per heavy atom. The summed E-state index contributed by atoms with van der Waals surface area (Å²) in [6.07, 6.45) is 3.33. The molecule has 0 aliphatic carbocycles. The summed E-state index contributed by atoms with van der Waals surface area (Å²) in [5, 5.41) is 0. The van der Waals surface area contributed by atoms with Crippen LogP contribution in [0.15, 0.2) is 59.5 Å². The van der Waals surface area contributed by atoms with Gasteiger partial charge in [0.2, 0.25) is 0 Å². The molecule has 1 N–H and O–H groups in total. The van der Waals surface area contributed by atoms with Gasteiger partial charge in [-0.15, -0.1) is 0 Å². The van der Waals surface area contributed by atoms with Crippen molar-refractivity contribution in [2.75, 3.05) is 4.72 Å². The summed E-state index contributed by atoms with van der Waals surface area (Å²) in [6.45, 7) is 2.16. The fourth-order valence-electron chi connectivity index (χ4n) is 1.93. The molecule has 4 heteroatoms. The first-order chi connectivity index (χ1) is 9.62. The van der Waals surface area contributed by atoms with Gasteiger partial charge >= 0.3 is 0 Å². The van der Waals surface area contributed by atoms with Gasteiger partial charge in [-0.25, -0.2) is 8.42 Å². The lowest BCUT2D eigenvalue weighted by Gasteiger charge is -2.08. The van der Waals surface area contributed by atoms with Crippen LogP contribution in [0.25, 0.3) is 0 Å². The van der Waals surface area contributed by atoms with Crippen LogP contribution in [-0.4, -0.2) is 8.42 Å². The summed E-state index contributed by atoms with van der Waals surface area (Å²) in [5.41, 5.74) is 1.82. The molecule has 0 amide bonds. The fourth-order valence-corrected chi connectivity index (χ4v) is 3.01. The Morgan fingerprint density at radius 2 is 1.60 bits per heavy atom. The third-order valence-corrected chi connectivity index (χ3v) is 4.48. The Kier molecular flexibility index (Phi) is 4.79. The molecule has 3 nitrogen and oxygen atoms in total. The smallest absolute Gasteiger partial charge is 0.261 e. The molecule has 0 heterocycles. The van der Waals surface area contributed by atoms with E-state index in [1.807, 2.05) is 24.3 Å². The molecule has 0 unspecified atom stereocenters. The largest absolute Gasteiger partial charge is 0.280 e. The highest BCUT2D eigenvalue weighted by Gasteiger charge is 2.12. The van der Waals surface area contributed by atoms with E-state index in [0.29, 0.717) is 5.69 Å². The molecule has 106 valence electrons. The highest BCUT2D eigenvalue weighted by molar-refractivity contribution is 7.92. The molecule has 2 rings (SSSR count). The number of aryl methyl sites for hydroxylation is 1. The summed E-state index contributed by atoms with van der Waals surface area (Å²) in [4.78, 5) is 0.273. The van der Waals surface area contributed by atoms with Crippen LogP contribution in [0.4, 0.5) is 5.69 Å². The van der Waals surface area contributed by atoms with E-state index in [4.69, 9.17) is 0 Å². The number of hydrogen-bond donors (Lipinski definition) is 1. The Bertz CT molecular complexity index is 634. The molecule has 0 saturated carbocycles. The van der Waals surface area contributed by atoms with Crippen LogP contribution >= 0.6 is 0 Å². The van der Waals surface area contributed by atoms with E-state index < -0.39 is 10.0 Å². The molecule has 0 atom stereocenters. The van der Waals surface area contributed by atoms with Crippen LogP contribution in [0.3, 0.4) is 0 Å². The Balaban J connectivity index is 2.10. The molecule has 0 aromatic heterocycles. The quantitative estimate of drug-likeness (QED) is 0.878. The minimum atomic E-state index is -3.49. The summed E-state index contributed by atoms with van der Waals surface area (Å²) < 4.78 is 26.9. The highest BCUT2D eigenvalue weighted by Crippen LogP contribution is 2.17. The van der Waals surface area contributed by atoms with Gasteiger partial charge in [0, 0.05) is 5.69 Å². The lowest BCUT2D eigenvalue weighted by atomic mass is 10.1. The first-order valence-electron chi connectivity index (χ1n) is 6.78. The topological polar surface area (TPSA) is 46.2 Å². The average molecular weight is 289 g/mol. The van der Waals surface area contributed by atoms with Crippen molar-refractivity contribution in [2.24, 2.45) is 0 Å². The van der Waals surface area contributed by atoms with Gasteiger partial charge in [0.15, 0.2) is 0 Å². The van der Waals surface area contributed by atoms with E-state index in [2.05, 4.69) is 11.6 Å². The number of sulfonamides is 1. The monoisotopic (exact) mass is 289 g/mol. The number of rotatable bonds is 6. The Morgan fingerprint density at radius 3 is 2.20 bits per heavy atom. The van der Waals surface area contributed by atoms with Crippen LogP contribution in [0.2, 0.25) is 0 Å². The third kappa shape index (κ3) is 3.84. The molecule has 0 aliphatic rings. The van der Waals surface area contributed by atoms with Crippen LogP contribution < -0.4 is 4.72 Å². The molecule has 0 fully saturated rings. The maximum absolute atomic E-state index is 12.1. The van der Waals surface area contributed by atoms with E-state index in [0.717, 1.165) is 19.3 Å². The molecule has 0 spiro atoms. The minimum absolute atomic E-state index is 0.273. The zero-order valence-electron chi connectivity index (χ0n) is 11.5. The van der Waals surface area contributed by atoms with Crippen LogP contribution in [-0.2, 0) is 16.4 Å². The van der Waals surface area contributed by atoms with Crippen LogP contribution in [0.5, 0.6) is 0 Å². The van der Waals surface area contributed by atoms with Gasteiger partial charge in [-0.2, -0.15) is 0 Å². The van der Waals surface area contributed by atoms with Crippen molar-refractivity contribution in [2.45, 2.75) is 31.1 Å². The molecule has 0 aliphatic heterocycles. The molecule has 20 heavy (non-hydrogen) atoms. The van der Waals surface area contributed by atoms with Gasteiger partial charge in [0.1, 0.15) is 0 Å². The second kappa shape index (κ2) is 6.57. The van der Waals surface area contributed by atoms with Gasteiger partial charge in [0.25, 0.3) is 10.0 Å². The van der Waals surface area contributed by atoms with Crippen molar-refractivity contribution in [3.05, 3.63) is 60.2 Å². The minimum Gasteiger partial charge on any atom is -0.280 e. The van der Waals surface area contributed by atoms with Gasteiger partial charge in [-0.05, 0) is 42.7 Å². The van der Waals surface area contributed by atoms with Gasteiger partial charge in [0.05, 0.1) is 4.90 Å². The molecule has 0 bridgehead atoms. The zero-order valence-corrected chi connectivity index (χ0v) is 12.4. The van der Waals surface area contributed by atoms with E-state index >= 15 is 0 Å². The van der Waals surface area contributed by atoms with Crippen molar-refractivity contribution in [3.63, 3.8) is 0 Å². The predicted molar refractivity (Wildman–Crippen MR) is 82.3 cm³/mol. The fraction of sp³-hybridized carbons (Fsp3) is 0.250. The number of hydrogen-bond acceptors (Lipinski definition) is 2. The summed E-state index contributed by atoms with van der Waals surface area (Å²) in [7, 11) is -3.49. The second-order valence-corrected chi connectivity index (χ2v) is 6.40. The first kappa shape index (κ1) is 14.6. The average Bonchev–Trinajstić information content (AvgIpc) is 2.47. The van der Waals surface area contributed by atoms with Crippen molar-refractivity contribution in [3.8, 4) is 0 Å². The normalized spacial score (nSPS) is 11.2. The Hall–Kier alpha value is -1.81. The third-order valence-electron chi connectivity index (χ3n) is 3.08. The van der Waals surface area contributed by atoms with Crippen molar-refractivity contribution >= 4 is 15.7 Å². The Labute approximate surface area is 120 Å². The number of unbranched alkanes of at least 4 members (excludes halogenated alkanes) is 1. The highest BCUT2D eigenvalue weighted by atomic mass is 32.2. The summed E-state index contributed by atoms with van der Waals surface area (Å²) >= 11 is 0. The van der Waals surface area contributed by atoms with Gasteiger partial charge in [-0.1, -0.05) is 43.7 Å². The van der Waals surface area contributed by atoms with E-state index in [1.165, 1.54) is 5.56 Å². The maximum Gasteiger partial charge on any atom is 0.261 e. The lowest BCUT2D eigenvalue weighted by Crippen LogP contribution is -2.12. The molecular weight excluding hydrogens is 270 g/mol. The van der Waals surface area contributed by atoms with Gasteiger partial charge < -0.3 is 0 Å². The van der Waals surface area contributed by atoms with E-state index in [9.17, 15) is 8.42 Å². The molecule has 2 aromatic carbocycles. The molecule has 2 aromatic rings. The van der Waals surface area contributed by atoms with Crippen LogP contribution in [0, 0.1) is 0 Å². The lowest BCUT2D eigenvalue weighted by molar-refractivity contribution is 0.601. The van der Waals surface area contributed by atoms with Crippen molar-refractivity contribution in [1.29, 1.82) is 0 Å². The molecule has 0 saturated heterocycles.